The van der Waals surface area contributed by atoms with Crippen molar-refractivity contribution in [3.05, 3.63) is 70.1 Å². The Balaban J connectivity index is 1.50. The number of para-hydroxylation sites is 1. The predicted octanol–water partition coefficient (Wildman–Crippen LogP) is 2.46. The van der Waals surface area contributed by atoms with Crippen molar-refractivity contribution in [1.82, 2.24) is 14.9 Å². The third kappa shape index (κ3) is 3.39. The van der Waals surface area contributed by atoms with E-state index in [0.717, 1.165) is 23.7 Å². The lowest BCUT2D eigenvalue weighted by atomic mass is 10.2. The molecule has 0 unspecified atom stereocenters. The van der Waals surface area contributed by atoms with Gasteiger partial charge in [0.2, 0.25) is 0 Å². The van der Waals surface area contributed by atoms with Crippen molar-refractivity contribution in [1.29, 1.82) is 0 Å². The average molecular weight is 366 g/mol. The molecule has 1 amide bonds. The third-order valence-electron chi connectivity index (χ3n) is 4.44. The van der Waals surface area contributed by atoms with Crippen LogP contribution in [0.5, 0.6) is 0 Å². The molecule has 0 bridgehead atoms. The SMILES string of the molecule is O=C(c1cc(-c2cccs2)[nH]c(=O)n1)N1CCN(c2ccccc2)CC1. The number of carbonyl (C=O) groups excluding carboxylic acids is 1. The second kappa shape index (κ2) is 7.13. The smallest absolute Gasteiger partial charge is 0.346 e. The molecule has 2 aromatic heterocycles. The highest BCUT2D eigenvalue weighted by Crippen LogP contribution is 2.22. The minimum atomic E-state index is -0.498. The second-order valence-corrected chi connectivity index (χ2v) is 7.03. The summed E-state index contributed by atoms with van der Waals surface area (Å²) >= 11 is 1.51. The summed E-state index contributed by atoms with van der Waals surface area (Å²) in [5.74, 6) is -0.193. The summed E-state index contributed by atoms with van der Waals surface area (Å²) in [6.07, 6.45) is 0. The summed E-state index contributed by atoms with van der Waals surface area (Å²) in [6, 6.07) is 15.6. The van der Waals surface area contributed by atoms with Gasteiger partial charge in [-0.3, -0.25) is 4.79 Å². The van der Waals surface area contributed by atoms with E-state index < -0.39 is 5.69 Å². The number of thiophene rings is 1. The Hall–Kier alpha value is -2.93. The van der Waals surface area contributed by atoms with Crippen LogP contribution in [0.15, 0.2) is 58.7 Å². The maximum absolute atomic E-state index is 12.8. The first kappa shape index (κ1) is 16.5. The summed E-state index contributed by atoms with van der Waals surface area (Å²) in [7, 11) is 0. The quantitative estimate of drug-likeness (QED) is 0.773. The normalized spacial score (nSPS) is 14.5. The number of rotatable bonds is 3. The van der Waals surface area contributed by atoms with Crippen LogP contribution in [0.2, 0.25) is 0 Å². The molecule has 0 spiro atoms. The van der Waals surface area contributed by atoms with Gasteiger partial charge in [0.05, 0.1) is 10.6 Å². The molecule has 0 saturated carbocycles. The molecule has 0 atom stereocenters. The molecule has 7 heteroatoms. The Morgan fingerprint density at radius 1 is 1.04 bits per heavy atom. The van der Waals surface area contributed by atoms with E-state index in [2.05, 4.69) is 27.0 Å². The molecule has 26 heavy (non-hydrogen) atoms. The number of anilines is 1. The molecule has 0 aliphatic carbocycles. The first-order valence-corrected chi connectivity index (χ1v) is 9.33. The minimum absolute atomic E-state index is 0.193. The topological polar surface area (TPSA) is 69.3 Å². The van der Waals surface area contributed by atoms with Crippen LogP contribution >= 0.6 is 11.3 Å². The number of hydrogen-bond acceptors (Lipinski definition) is 5. The summed E-state index contributed by atoms with van der Waals surface area (Å²) in [4.78, 5) is 36.2. The van der Waals surface area contributed by atoms with Crippen LogP contribution < -0.4 is 10.6 Å². The van der Waals surface area contributed by atoms with Crippen LogP contribution in [0.3, 0.4) is 0 Å². The van der Waals surface area contributed by atoms with Crippen LogP contribution in [0.25, 0.3) is 10.6 Å². The highest BCUT2D eigenvalue weighted by atomic mass is 32.1. The van der Waals surface area contributed by atoms with Crippen molar-refractivity contribution >= 4 is 22.9 Å². The van der Waals surface area contributed by atoms with Gasteiger partial charge in [-0.25, -0.2) is 4.79 Å². The van der Waals surface area contributed by atoms with Crippen LogP contribution in [0, 0.1) is 0 Å². The molecule has 1 saturated heterocycles. The lowest BCUT2D eigenvalue weighted by Crippen LogP contribution is -2.49. The number of piperazine rings is 1. The monoisotopic (exact) mass is 366 g/mol. The van der Waals surface area contributed by atoms with Gasteiger partial charge in [0.15, 0.2) is 0 Å². The Morgan fingerprint density at radius 2 is 1.81 bits per heavy atom. The van der Waals surface area contributed by atoms with Crippen LogP contribution in [-0.2, 0) is 0 Å². The van der Waals surface area contributed by atoms with Gasteiger partial charge in [0, 0.05) is 31.9 Å². The molecule has 3 heterocycles. The first-order chi connectivity index (χ1) is 12.7. The second-order valence-electron chi connectivity index (χ2n) is 6.08. The van der Waals surface area contributed by atoms with E-state index in [1.807, 2.05) is 35.7 Å². The fraction of sp³-hybridized carbons (Fsp3) is 0.211. The van der Waals surface area contributed by atoms with E-state index in [0.29, 0.717) is 18.8 Å². The molecule has 4 rings (SSSR count). The Bertz CT molecular complexity index is 945. The van der Waals surface area contributed by atoms with Crippen molar-refractivity contribution in [3.63, 3.8) is 0 Å². The zero-order valence-corrected chi connectivity index (χ0v) is 14.9. The van der Waals surface area contributed by atoms with Gasteiger partial charge in [-0.2, -0.15) is 4.98 Å². The van der Waals surface area contributed by atoms with Gasteiger partial charge in [0.25, 0.3) is 5.91 Å². The van der Waals surface area contributed by atoms with E-state index in [9.17, 15) is 9.59 Å². The molecule has 6 nitrogen and oxygen atoms in total. The third-order valence-corrected chi connectivity index (χ3v) is 5.34. The van der Waals surface area contributed by atoms with Crippen LogP contribution in [-0.4, -0.2) is 47.0 Å². The molecule has 1 aliphatic heterocycles. The van der Waals surface area contributed by atoms with Crippen LogP contribution in [0.1, 0.15) is 10.5 Å². The molecule has 1 N–H and O–H groups in total. The summed E-state index contributed by atoms with van der Waals surface area (Å²) in [5.41, 5.74) is 1.49. The van der Waals surface area contributed by atoms with Crippen molar-refractivity contribution < 1.29 is 4.79 Å². The number of aromatic amines is 1. The van der Waals surface area contributed by atoms with Crippen LogP contribution in [0.4, 0.5) is 5.69 Å². The molecular formula is C19H18N4O2S. The van der Waals surface area contributed by atoms with Gasteiger partial charge >= 0.3 is 5.69 Å². The Morgan fingerprint density at radius 3 is 2.50 bits per heavy atom. The standard InChI is InChI=1S/C19H18N4O2S/c24-18(16-13-15(20-19(25)21-16)17-7-4-12-26-17)23-10-8-22(9-11-23)14-5-2-1-3-6-14/h1-7,12-13H,8-11H2,(H,20,21,25). The van der Waals surface area contributed by atoms with Crippen molar-refractivity contribution in [2.24, 2.45) is 0 Å². The van der Waals surface area contributed by atoms with E-state index in [1.54, 1.807) is 11.0 Å². The minimum Gasteiger partial charge on any atom is -0.368 e. The van der Waals surface area contributed by atoms with Gasteiger partial charge in [-0.1, -0.05) is 24.3 Å². The lowest BCUT2D eigenvalue weighted by molar-refractivity contribution is 0.0740. The molecule has 1 aliphatic rings. The molecule has 1 fully saturated rings. The number of hydrogen-bond donors (Lipinski definition) is 1. The van der Waals surface area contributed by atoms with E-state index in [4.69, 9.17) is 0 Å². The highest BCUT2D eigenvalue weighted by Gasteiger charge is 2.24. The number of amides is 1. The first-order valence-electron chi connectivity index (χ1n) is 8.45. The number of nitrogens with zero attached hydrogens (tertiary/aromatic N) is 3. The van der Waals surface area contributed by atoms with Gasteiger partial charge in [0.1, 0.15) is 5.69 Å². The molecule has 3 aromatic rings. The van der Waals surface area contributed by atoms with Gasteiger partial charge in [-0.05, 0) is 29.6 Å². The van der Waals surface area contributed by atoms with Gasteiger partial charge < -0.3 is 14.8 Å². The number of benzene rings is 1. The highest BCUT2D eigenvalue weighted by molar-refractivity contribution is 7.13. The Kier molecular flexibility index (Phi) is 4.53. The van der Waals surface area contributed by atoms with E-state index in [-0.39, 0.29) is 11.6 Å². The maximum Gasteiger partial charge on any atom is 0.346 e. The van der Waals surface area contributed by atoms with Gasteiger partial charge in [-0.15, -0.1) is 11.3 Å². The van der Waals surface area contributed by atoms with Crippen molar-refractivity contribution in [3.8, 4) is 10.6 Å². The number of aromatic nitrogens is 2. The van der Waals surface area contributed by atoms with E-state index >= 15 is 0 Å². The zero-order valence-electron chi connectivity index (χ0n) is 14.1. The summed E-state index contributed by atoms with van der Waals surface area (Å²) in [5, 5.41) is 1.93. The predicted molar refractivity (Wildman–Crippen MR) is 103 cm³/mol. The maximum atomic E-state index is 12.8. The van der Waals surface area contributed by atoms with E-state index in [1.165, 1.54) is 11.3 Å². The Labute approximate surface area is 154 Å². The molecular weight excluding hydrogens is 348 g/mol. The number of nitrogens with one attached hydrogen (secondary N) is 1. The van der Waals surface area contributed by atoms with Crippen molar-refractivity contribution in [2.75, 3.05) is 31.1 Å². The molecule has 0 radical (unpaired) electrons. The molecule has 1 aromatic carbocycles. The fourth-order valence-electron chi connectivity index (χ4n) is 3.10. The van der Waals surface area contributed by atoms with Crippen molar-refractivity contribution in [2.45, 2.75) is 0 Å². The number of H-pyrrole nitrogens is 1. The average Bonchev–Trinajstić information content (AvgIpc) is 3.23. The summed E-state index contributed by atoms with van der Waals surface area (Å²) in [6.45, 7) is 2.74. The number of carbonyl (C=O) groups is 1. The molecule has 132 valence electrons. The zero-order chi connectivity index (χ0) is 17.9. The largest absolute Gasteiger partial charge is 0.368 e. The lowest BCUT2D eigenvalue weighted by Gasteiger charge is -2.36. The fourth-order valence-corrected chi connectivity index (χ4v) is 3.80. The summed E-state index contributed by atoms with van der Waals surface area (Å²) < 4.78 is 0.